The van der Waals surface area contributed by atoms with Crippen LogP contribution in [0.2, 0.25) is 0 Å². The summed E-state index contributed by atoms with van der Waals surface area (Å²) in [6.07, 6.45) is 4.19. The van der Waals surface area contributed by atoms with Gasteiger partial charge < -0.3 is 19.9 Å². The van der Waals surface area contributed by atoms with Gasteiger partial charge in [-0.2, -0.15) is 0 Å². The second-order valence-corrected chi connectivity index (χ2v) is 6.76. The number of likely N-dealkylation sites (tertiary alicyclic amines) is 1. The van der Waals surface area contributed by atoms with Crippen LogP contribution in [0.15, 0.2) is 41.5 Å². The summed E-state index contributed by atoms with van der Waals surface area (Å²) in [5, 5.41) is 0. The summed E-state index contributed by atoms with van der Waals surface area (Å²) in [5.41, 5.74) is 7.68. The van der Waals surface area contributed by atoms with Crippen LogP contribution < -0.4 is 16.0 Å². The Balaban J connectivity index is 1.76. The SMILES string of the molecule is COc1ccc(-c2cn3cc(C(=O)N4CCC(N)C4)nc3c(=O)n2C)cc1. The number of carbonyl (C=O) groups excluding carboxylic acids is 1. The Morgan fingerprint density at radius 2 is 2.00 bits per heavy atom. The van der Waals surface area contributed by atoms with E-state index in [1.54, 1.807) is 35.9 Å². The lowest BCUT2D eigenvalue weighted by Gasteiger charge is -2.13. The van der Waals surface area contributed by atoms with E-state index in [1.165, 1.54) is 4.57 Å². The fourth-order valence-electron chi connectivity index (χ4n) is 3.39. The van der Waals surface area contributed by atoms with Crippen molar-refractivity contribution in [2.24, 2.45) is 12.8 Å². The number of amides is 1. The summed E-state index contributed by atoms with van der Waals surface area (Å²) >= 11 is 0. The number of benzene rings is 1. The van der Waals surface area contributed by atoms with Gasteiger partial charge in [0.15, 0.2) is 0 Å². The lowest BCUT2D eigenvalue weighted by molar-refractivity contribution is 0.0786. The van der Waals surface area contributed by atoms with E-state index in [1.807, 2.05) is 24.3 Å². The maximum Gasteiger partial charge on any atom is 0.294 e. The maximum atomic E-state index is 12.8. The Hall–Kier alpha value is -3.13. The third-order valence-corrected chi connectivity index (χ3v) is 4.97. The van der Waals surface area contributed by atoms with E-state index in [2.05, 4.69) is 4.98 Å². The van der Waals surface area contributed by atoms with Gasteiger partial charge in [0.25, 0.3) is 11.5 Å². The van der Waals surface area contributed by atoms with Crippen molar-refractivity contribution >= 4 is 11.6 Å². The molecule has 2 N–H and O–H groups in total. The van der Waals surface area contributed by atoms with Gasteiger partial charge >= 0.3 is 0 Å². The predicted molar refractivity (Wildman–Crippen MR) is 101 cm³/mol. The number of aromatic nitrogens is 3. The Labute approximate surface area is 155 Å². The van der Waals surface area contributed by atoms with E-state index in [4.69, 9.17) is 10.5 Å². The molecule has 0 spiro atoms. The number of rotatable bonds is 3. The Morgan fingerprint density at radius 1 is 1.26 bits per heavy atom. The second-order valence-electron chi connectivity index (χ2n) is 6.76. The third kappa shape index (κ3) is 2.97. The molecule has 0 bridgehead atoms. The highest BCUT2D eigenvalue weighted by atomic mass is 16.5. The summed E-state index contributed by atoms with van der Waals surface area (Å²) < 4.78 is 8.33. The van der Waals surface area contributed by atoms with E-state index >= 15 is 0 Å². The van der Waals surface area contributed by atoms with E-state index < -0.39 is 0 Å². The van der Waals surface area contributed by atoms with Gasteiger partial charge in [-0.1, -0.05) is 0 Å². The van der Waals surface area contributed by atoms with Crippen LogP contribution in [0.4, 0.5) is 0 Å². The zero-order valence-electron chi connectivity index (χ0n) is 15.3. The van der Waals surface area contributed by atoms with Gasteiger partial charge in [0.05, 0.1) is 12.8 Å². The van der Waals surface area contributed by atoms with Crippen molar-refractivity contribution < 1.29 is 9.53 Å². The third-order valence-electron chi connectivity index (χ3n) is 4.97. The molecule has 2 aromatic heterocycles. The van der Waals surface area contributed by atoms with Crippen molar-refractivity contribution in [3.8, 4) is 17.0 Å². The Bertz CT molecular complexity index is 1070. The Kier molecular flexibility index (Phi) is 4.19. The minimum atomic E-state index is -0.263. The van der Waals surface area contributed by atoms with E-state index in [9.17, 15) is 9.59 Å². The molecule has 1 amide bonds. The molecule has 4 rings (SSSR count). The molecule has 140 valence electrons. The van der Waals surface area contributed by atoms with Crippen molar-refractivity contribution in [1.29, 1.82) is 0 Å². The smallest absolute Gasteiger partial charge is 0.294 e. The number of ether oxygens (including phenoxy) is 1. The molecule has 1 fully saturated rings. The molecule has 0 aliphatic carbocycles. The van der Waals surface area contributed by atoms with Crippen LogP contribution in [-0.4, -0.2) is 51.0 Å². The summed E-state index contributed by atoms with van der Waals surface area (Å²) in [5.74, 6) is 0.545. The normalized spacial score (nSPS) is 16.9. The fraction of sp³-hybridized carbons (Fsp3) is 0.316. The molecule has 8 heteroatoms. The molecule has 27 heavy (non-hydrogen) atoms. The highest BCUT2D eigenvalue weighted by molar-refractivity contribution is 5.93. The first-order chi connectivity index (χ1) is 13.0. The standard InChI is InChI=1S/C19H21N5O3/c1-22-16(12-3-5-14(27-2)6-4-12)11-24-10-15(21-17(24)19(22)26)18(25)23-8-7-13(20)9-23/h3-6,10-11,13H,7-9,20H2,1-2H3. The molecule has 0 saturated carbocycles. The minimum Gasteiger partial charge on any atom is -0.497 e. The van der Waals surface area contributed by atoms with Crippen LogP contribution in [0.1, 0.15) is 16.9 Å². The van der Waals surface area contributed by atoms with E-state index in [0.717, 1.165) is 23.4 Å². The fourth-order valence-corrected chi connectivity index (χ4v) is 3.39. The highest BCUT2D eigenvalue weighted by Crippen LogP contribution is 2.22. The van der Waals surface area contributed by atoms with Crippen molar-refractivity contribution in [3.05, 3.63) is 52.7 Å². The van der Waals surface area contributed by atoms with Gasteiger partial charge in [0, 0.05) is 44.1 Å². The van der Waals surface area contributed by atoms with Crippen LogP contribution in [0.25, 0.3) is 16.9 Å². The lowest BCUT2D eigenvalue weighted by atomic mass is 10.1. The first-order valence-corrected chi connectivity index (χ1v) is 8.76. The Morgan fingerprint density at radius 3 is 2.63 bits per heavy atom. The van der Waals surface area contributed by atoms with Crippen LogP contribution in [-0.2, 0) is 7.05 Å². The van der Waals surface area contributed by atoms with Gasteiger partial charge in [-0.3, -0.25) is 14.0 Å². The molecule has 1 aromatic carbocycles. The number of carbonyl (C=O) groups is 1. The van der Waals surface area contributed by atoms with Crippen molar-refractivity contribution in [1.82, 2.24) is 18.9 Å². The van der Waals surface area contributed by atoms with Crippen LogP contribution in [0.5, 0.6) is 5.75 Å². The molecule has 0 radical (unpaired) electrons. The topological polar surface area (TPSA) is 94.9 Å². The van der Waals surface area contributed by atoms with Gasteiger partial charge in [-0.05, 0) is 30.7 Å². The molecule has 1 atom stereocenters. The van der Waals surface area contributed by atoms with Gasteiger partial charge in [0.1, 0.15) is 11.4 Å². The zero-order chi connectivity index (χ0) is 19.1. The summed E-state index contributed by atoms with van der Waals surface area (Å²) in [7, 11) is 3.30. The van der Waals surface area contributed by atoms with Gasteiger partial charge in [-0.25, -0.2) is 4.98 Å². The average molecular weight is 367 g/mol. The number of methoxy groups -OCH3 is 1. The predicted octanol–water partition coefficient (Wildman–Crippen LogP) is 0.882. The number of hydrogen-bond acceptors (Lipinski definition) is 5. The molecule has 1 saturated heterocycles. The monoisotopic (exact) mass is 367 g/mol. The van der Waals surface area contributed by atoms with E-state index in [-0.39, 0.29) is 28.8 Å². The molecule has 8 nitrogen and oxygen atoms in total. The number of nitrogens with zero attached hydrogens (tertiary/aromatic N) is 4. The van der Waals surface area contributed by atoms with Gasteiger partial charge in [0.2, 0.25) is 5.65 Å². The lowest BCUT2D eigenvalue weighted by Crippen LogP contribution is -2.32. The van der Waals surface area contributed by atoms with Crippen molar-refractivity contribution in [2.45, 2.75) is 12.5 Å². The minimum absolute atomic E-state index is 0.000487. The molecule has 3 aromatic rings. The molecule has 3 heterocycles. The first kappa shape index (κ1) is 17.3. The summed E-state index contributed by atoms with van der Waals surface area (Å²) in [6, 6.07) is 7.44. The zero-order valence-corrected chi connectivity index (χ0v) is 15.3. The van der Waals surface area contributed by atoms with Crippen molar-refractivity contribution in [2.75, 3.05) is 20.2 Å². The van der Waals surface area contributed by atoms with Crippen molar-refractivity contribution in [3.63, 3.8) is 0 Å². The molecule has 1 unspecified atom stereocenters. The summed E-state index contributed by atoms with van der Waals surface area (Å²) in [6.45, 7) is 1.13. The largest absolute Gasteiger partial charge is 0.497 e. The molecule has 1 aliphatic rings. The van der Waals surface area contributed by atoms with Crippen LogP contribution in [0.3, 0.4) is 0 Å². The average Bonchev–Trinajstić information content (AvgIpc) is 3.31. The van der Waals surface area contributed by atoms with Gasteiger partial charge in [-0.15, -0.1) is 0 Å². The highest BCUT2D eigenvalue weighted by Gasteiger charge is 2.26. The number of nitrogens with two attached hydrogens (primary N) is 1. The molecule has 1 aliphatic heterocycles. The number of imidazole rings is 1. The molecular formula is C19H21N5O3. The first-order valence-electron chi connectivity index (χ1n) is 8.76. The molecular weight excluding hydrogens is 346 g/mol. The number of fused-ring (bicyclic) bond motifs is 1. The van der Waals surface area contributed by atoms with Crippen LogP contribution >= 0.6 is 0 Å². The van der Waals surface area contributed by atoms with Crippen LogP contribution in [0, 0.1) is 0 Å². The second kappa shape index (κ2) is 6.55. The summed E-state index contributed by atoms with van der Waals surface area (Å²) in [4.78, 5) is 31.4. The quantitative estimate of drug-likeness (QED) is 0.742. The maximum absolute atomic E-state index is 12.8. The number of hydrogen-bond donors (Lipinski definition) is 1. The van der Waals surface area contributed by atoms with E-state index in [0.29, 0.717) is 13.1 Å².